The summed E-state index contributed by atoms with van der Waals surface area (Å²) in [5.74, 6) is 1.27. The van der Waals surface area contributed by atoms with E-state index in [0.717, 1.165) is 26.1 Å². The Morgan fingerprint density at radius 1 is 1.28 bits per heavy atom. The smallest absolute Gasteiger partial charge is 0.217 e. The first kappa shape index (κ1) is 14.3. The van der Waals surface area contributed by atoms with Crippen molar-refractivity contribution in [2.75, 3.05) is 26.2 Å². The summed E-state index contributed by atoms with van der Waals surface area (Å²) in [5, 5.41) is 2.91. The van der Waals surface area contributed by atoms with Gasteiger partial charge >= 0.3 is 0 Å². The van der Waals surface area contributed by atoms with Gasteiger partial charge in [0.15, 0.2) is 0 Å². The topological polar surface area (TPSA) is 49.4 Å². The Labute approximate surface area is 111 Å². The molecule has 0 amide bonds. The van der Waals surface area contributed by atoms with Gasteiger partial charge in [-0.2, -0.15) is 0 Å². The van der Waals surface area contributed by atoms with Crippen LogP contribution >= 0.6 is 0 Å². The lowest BCUT2D eigenvalue weighted by molar-refractivity contribution is 0.435. The fraction of sp³-hybridized carbons (Fsp3) is 1.00. The molecule has 4 nitrogen and oxygen atoms in total. The van der Waals surface area contributed by atoms with Crippen LogP contribution in [0.25, 0.3) is 0 Å². The zero-order valence-electron chi connectivity index (χ0n) is 11.6. The van der Waals surface area contributed by atoms with Crippen LogP contribution in [0.2, 0.25) is 0 Å². The molecule has 3 unspecified atom stereocenters. The molecule has 1 saturated carbocycles. The summed E-state index contributed by atoms with van der Waals surface area (Å²) >= 11 is 0. The largest absolute Gasteiger partial charge is 0.315 e. The third-order valence-corrected chi connectivity index (χ3v) is 6.62. The van der Waals surface area contributed by atoms with E-state index in [1.807, 2.05) is 6.92 Å². The van der Waals surface area contributed by atoms with Crippen LogP contribution in [0.4, 0.5) is 0 Å². The van der Waals surface area contributed by atoms with Gasteiger partial charge in [0.1, 0.15) is 0 Å². The summed E-state index contributed by atoms with van der Waals surface area (Å²) in [6.45, 7) is 6.92. The molecule has 1 saturated heterocycles. The highest BCUT2D eigenvalue weighted by molar-refractivity contribution is 7.89. The molecule has 5 heteroatoms. The molecule has 0 radical (unpaired) electrons. The Morgan fingerprint density at radius 2 is 1.89 bits per heavy atom. The summed E-state index contributed by atoms with van der Waals surface area (Å²) in [7, 11) is -3.09. The molecule has 1 aliphatic carbocycles. The third-order valence-electron chi connectivity index (χ3n) is 4.42. The van der Waals surface area contributed by atoms with Crippen LogP contribution in [0.3, 0.4) is 0 Å². The second-order valence-corrected chi connectivity index (χ2v) is 8.18. The fourth-order valence-corrected chi connectivity index (χ4v) is 4.88. The van der Waals surface area contributed by atoms with Gasteiger partial charge in [0, 0.05) is 19.6 Å². The molecule has 1 aliphatic heterocycles. The summed E-state index contributed by atoms with van der Waals surface area (Å²) in [4.78, 5) is 0. The van der Waals surface area contributed by atoms with Gasteiger partial charge in [0.25, 0.3) is 0 Å². The number of hydrogen-bond acceptors (Lipinski definition) is 3. The van der Waals surface area contributed by atoms with E-state index in [1.165, 1.54) is 19.3 Å². The van der Waals surface area contributed by atoms with E-state index < -0.39 is 10.0 Å². The van der Waals surface area contributed by atoms with Crippen molar-refractivity contribution < 1.29 is 8.42 Å². The number of nitrogens with one attached hydrogen (secondary N) is 1. The van der Waals surface area contributed by atoms with Crippen molar-refractivity contribution in [1.82, 2.24) is 9.62 Å². The van der Waals surface area contributed by atoms with Crippen LogP contribution in [0, 0.1) is 11.8 Å². The first-order valence-corrected chi connectivity index (χ1v) is 8.75. The molecule has 0 aromatic carbocycles. The zero-order valence-corrected chi connectivity index (χ0v) is 12.4. The minimum absolute atomic E-state index is 0.303. The van der Waals surface area contributed by atoms with Gasteiger partial charge in [-0.05, 0) is 44.6 Å². The molecule has 1 N–H and O–H groups in total. The number of fused-ring (bicyclic) bond motifs is 1. The van der Waals surface area contributed by atoms with E-state index in [1.54, 1.807) is 4.31 Å². The van der Waals surface area contributed by atoms with Gasteiger partial charge in [0.2, 0.25) is 10.0 Å². The van der Waals surface area contributed by atoms with Crippen molar-refractivity contribution in [2.45, 2.75) is 44.8 Å². The molecule has 1 heterocycles. The molecule has 18 heavy (non-hydrogen) atoms. The second kappa shape index (κ2) is 5.88. The first-order chi connectivity index (χ1) is 8.55. The summed E-state index contributed by atoms with van der Waals surface area (Å²) in [6.07, 6.45) is 4.77. The highest BCUT2D eigenvalue weighted by Gasteiger charge is 2.42. The molecule has 0 bridgehead atoms. The minimum Gasteiger partial charge on any atom is -0.315 e. The van der Waals surface area contributed by atoms with Crippen molar-refractivity contribution in [3.05, 3.63) is 0 Å². The molecule has 2 rings (SSSR count). The molecule has 106 valence electrons. The highest BCUT2D eigenvalue weighted by atomic mass is 32.2. The van der Waals surface area contributed by atoms with E-state index in [4.69, 9.17) is 0 Å². The van der Waals surface area contributed by atoms with Gasteiger partial charge in [0.05, 0.1) is 5.25 Å². The quantitative estimate of drug-likeness (QED) is 0.746. The molecule has 3 atom stereocenters. The number of nitrogens with zero attached hydrogens (tertiary/aromatic N) is 1. The Morgan fingerprint density at radius 3 is 2.44 bits per heavy atom. The molecule has 2 fully saturated rings. The second-order valence-electron chi connectivity index (χ2n) is 5.83. The summed E-state index contributed by atoms with van der Waals surface area (Å²) < 4.78 is 26.6. The number of sulfonamides is 1. The maximum atomic E-state index is 12.4. The van der Waals surface area contributed by atoms with E-state index in [0.29, 0.717) is 18.4 Å². The molecule has 0 aromatic heterocycles. The zero-order chi connectivity index (χ0) is 13.2. The maximum absolute atomic E-state index is 12.4. The summed E-state index contributed by atoms with van der Waals surface area (Å²) in [5.41, 5.74) is 0. The predicted octanol–water partition coefficient (Wildman–Crippen LogP) is 1.44. The Balaban J connectivity index is 1.90. The molecule has 0 aromatic rings. The van der Waals surface area contributed by atoms with Crippen molar-refractivity contribution in [3.63, 3.8) is 0 Å². The molecule has 2 aliphatic rings. The minimum atomic E-state index is -3.09. The van der Waals surface area contributed by atoms with Crippen LogP contribution in [-0.4, -0.2) is 44.2 Å². The standard InChI is InChI=1S/C13H26N2O2S/c1-3-7-14-8-11(2)18(16,17)15-9-12-5-4-6-13(12)10-15/h11-14H,3-10H2,1-2H3. The lowest BCUT2D eigenvalue weighted by atomic mass is 10.0. The van der Waals surface area contributed by atoms with Gasteiger partial charge < -0.3 is 5.32 Å². The van der Waals surface area contributed by atoms with Crippen LogP contribution in [0.5, 0.6) is 0 Å². The normalized spacial score (nSPS) is 30.6. The third kappa shape index (κ3) is 2.89. The lowest BCUT2D eigenvalue weighted by Crippen LogP contribution is -2.41. The Kier molecular flexibility index (Phi) is 4.67. The lowest BCUT2D eigenvalue weighted by Gasteiger charge is -2.22. The van der Waals surface area contributed by atoms with E-state index in [2.05, 4.69) is 12.2 Å². The van der Waals surface area contributed by atoms with Crippen molar-refractivity contribution in [2.24, 2.45) is 11.8 Å². The fourth-order valence-electron chi connectivity index (χ4n) is 3.24. The average Bonchev–Trinajstić information content (AvgIpc) is 2.89. The SMILES string of the molecule is CCCNCC(C)S(=O)(=O)N1CC2CCCC2C1. The van der Waals surface area contributed by atoms with E-state index in [-0.39, 0.29) is 5.25 Å². The predicted molar refractivity (Wildman–Crippen MR) is 73.9 cm³/mol. The van der Waals surface area contributed by atoms with Gasteiger partial charge in [-0.25, -0.2) is 12.7 Å². The van der Waals surface area contributed by atoms with Gasteiger partial charge in [-0.15, -0.1) is 0 Å². The highest BCUT2D eigenvalue weighted by Crippen LogP contribution is 2.39. The average molecular weight is 274 g/mol. The van der Waals surface area contributed by atoms with Crippen molar-refractivity contribution in [1.29, 1.82) is 0 Å². The van der Waals surface area contributed by atoms with Gasteiger partial charge in [-0.1, -0.05) is 13.3 Å². The van der Waals surface area contributed by atoms with Crippen LogP contribution in [-0.2, 0) is 10.0 Å². The van der Waals surface area contributed by atoms with Crippen LogP contribution in [0.15, 0.2) is 0 Å². The van der Waals surface area contributed by atoms with Crippen molar-refractivity contribution >= 4 is 10.0 Å². The number of rotatable bonds is 6. The molecular formula is C13H26N2O2S. The van der Waals surface area contributed by atoms with E-state index >= 15 is 0 Å². The number of hydrogen-bond donors (Lipinski definition) is 1. The van der Waals surface area contributed by atoms with Crippen molar-refractivity contribution in [3.8, 4) is 0 Å². The molecular weight excluding hydrogens is 248 g/mol. The molecule has 0 spiro atoms. The monoisotopic (exact) mass is 274 g/mol. The first-order valence-electron chi connectivity index (χ1n) is 7.25. The van der Waals surface area contributed by atoms with Crippen LogP contribution < -0.4 is 5.32 Å². The maximum Gasteiger partial charge on any atom is 0.217 e. The van der Waals surface area contributed by atoms with E-state index in [9.17, 15) is 8.42 Å². The Hall–Kier alpha value is -0.130. The summed E-state index contributed by atoms with van der Waals surface area (Å²) in [6, 6.07) is 0. The van der Waals surface area contributed by atoms with Gasteiger partial charge in [-0.3, -0.25) is 0 Å². The van der Waals surface area contributed by atoms with Crippen LogP contribution in [0.1, 0.15) is 39.5 Å². The Bertz CT molecular complexity index is 357.